The maximum absolute atomic E-state index is 13.9. The fraction of sp³-hybridized carbons (Fsp3) is 0. The monoisotopic (exact) mass is 347 g/mol. The normalized spacial score (nSPS) is 10.6. The highest BCUT2D eigenvalue weighted by Crippen LogP contribution is 2.27. The highest BCUT2D eigenvalue weighted by atomic mass is 79.9. The van der Waals surface area contributed by atoms with Crippen LogP contribution in [0.25, 0.3) is 10.9 Å². The number of nitrogens with zero attached hydrogens (tertiary/aromatic N) is 2. The van der Waals surface area contributed by atoms with Gasteiger partial charge in [0.1, 0.15) is 11.6 Å². The molecule has 0 aliphatic carbocycles. The van der Waals surface area contributed by atoms with Gasteiger partial charge >= 0.3 is 0 Å². The molecule has 7 heteroatoms. The van der Waals surface area contributed by atoms with E-state index in [1.54, 1.807) is 12.1 Å². The fourth-order valence-electron chi connectivity index (χ4n) is 1.95. The number of anilines is 3. The van der Waals surface area contributed by atoms with Crippen LogP contribution in [-0.4, -0.2) is 9.97 Å². The van der Waals surface area contributed by atoms with E-state index in [-0.39, 0.29) is 11.8 Å². The smallest absolute Gasteiger partial charge is 0.239 e. The van der Waals surface area contributed by atoms with Crippen LogP contribution in [0, 0.1) is 5.82 Å². The first-order chi connectivity index (χ1) is 10.2. The highest BCUT2D eigenvalue weighted by Gasteiger charge is 2.09. The van der Waals surface area contributed by atoms with Crippen molar-refractivity contribution < 1.29 is 4.39 Å². The van der Waals surface area contributed by atoms with E-state index in [2.05, 4.69) is 36.6 Å². The van der Waals surface area contributed by atoms with Gasteiger partial charge in [0.05, 0.1) is 11.2 Å². The van der Waals surface area contributed by atoms with Crippen LogP contribution < -0.4 is 16.6 Å². The van der Waals surface area contributed by atoms with Gasteiger partial charge < -0.3 is 5.32 Å². The summed E-state index contributed by atoms with van der Waals surface area (Å²) in [6.45, 7) is 0. The first-order valence-corrected chi connectivity index (χ1v) is 6.92. The van der Waals surface area contributed by atoms with E-state index in [0.717, 1.165) is 5.39 Å². The van der Waals surface area contributed by atoms with Gasteiger partial charge in [0.25, 0.3) is 0 Å². The van der Waals surface area contributed by atoms with Crippen molar-refractivity contribution in [2.45, 2.75) is 0 Å². The number of aromatic nitrogens is 2. The minimum atomic E-state index is -0.380. The number of nitrogens with one attached hydrogen (secondary N) is 2. The summed E-state index contributed by atoms with van der Waals surface area (Å²) in [6.07, 6.45) is 0. The second-order valence-electron chi connectivity index (χ2n) is 4.31. The Morgan fingerprint density at radius 1 is 1.10 bits per heavy atom. The number of hydrazine groups is 1. The lowest BCUT2D eigenvalue weighted by molar-refractivity contribution is 0.631. The van der Waals surface area contributed by atoms with E-state index in [1.807, 2.05) is 24.3 Å². The zero-order valence-corrected chi connectivity index (χ0v) is 12.4. The van der Waals surface area contributed by atoms with Crippen molar-refractivity contribution in [2.75, 3.05) is 10.7 Å². The van der Waals surface area contributed by atoms with Crippen molar-refractivity contribution in [1.82, 2.24) is 9.97 Å². The molecule has 0 fully saturated rings. The summed E-state index contributed by atoms with van der Waals surface area (Å²) in [7, 11) is 0. The summed E-state index contributed by atoms with van der Waals surface area (Å²) in [5.74, 6) is 5.73. The van der Waals surface area contributed by atoms with Crippen molar-refractivity contribution in [3.8, 4) is 0 Å². The number of hydrogen-bond acceptors (Lipinski definition) is 5. The number of hydrogen-bond donors (Lipinski definition) is 3. The van der Waals surface area contributed by atoms with Crippen LogP contribution in [0.2, 0.25) is 0 Å². The molecule has 0 bridgehead atoms. The van der Waals surface area contributed by atoms with E-state index in [0.29, 0.717) is 21.5 Å². The van der Waals surface area contributed by atoms with E-state index in [9.17, 15) is 4.39 Å². The third-order valence-corrected chi connectivity index (χ3v) is 3.41. The van der Waals surface area contributed by atoms with E-state index >= 15 is 0 Å². The van der Waals surface area contributed by atoms with Gasteiger partial charge in [0.15, 0.2) is 0 Å². The molecule has 4 N–H and O–H groups in total. The summed E-state index contributed by atoms with van der Waals surface area (Å²) >= 11 is 3.22. The molecule has 3 aromatic rings. The Labute approximate surface area is 128 Å². The topological polar surface area (TPSA) is 75.9 Å². The van der Waals surface area contributed by atoms with E-state index in [1.165, 1.54) is 6.07 Å². The number of fused-ring (bicyclic) bond motifs is 1. The van der Waals surface area contributed by atoms with Crippen molar-refractivity contribution >= 4 is 44.3 Å². The lowest BCUT2D eigenvalue weighted by Gasteiger charge is -2.11. The predicted molar refractivity (Wildman–Crippen MR) is 84.7 cm³/mol. The molecule has 21 heavy (non-hydrogen) atoms. The minimum Gasteiger partial charge on any atom is -0.337 e. The van der Waals surface area contributed by atoms with Crippen LogP contribution in [0.5, 0.6) is 0 Å². The maximum Gasteiger partial charge on any atom is 0.239 e. The second kappa shape index (κ2) is 5.63. The Bertz CT molecular complexity index is 808. The van der Waals surface area contributed by atoms with Gasteiger partial charge in [0, 0.05) is 9.86 Å². The molecule has 0 radical (unpaired) electrons. The molecule has 106 valence electrons. The molecule has 0 unspecified atom stereocenters. The van der Waals surface area contributed by atoms with Crippen molar-refractivity contribution in [3.05, 3.63) is 52.8 Å². The lowest BCUT2D eigenvalue weighted by Crippen LogP contribution is -2.11. The minimum absolute atomic E-state index is 0.258. The largest absolute Gasteiger partial charge is 0.337 e. The average Bonchev–Trinajstić information content (AvgIpc) is 2.49. The van der Waals surface area contributed by atoms with Crippen LogP contribution in [0.1, 0.15) is 0 Å². The molecule has 3 rings (SSSR count). The molecule has 0 saturated heterocycles. The van der Waals surface area contributed by atoms with Crippen LogP contribution in [0.4, 0.5) is 21.8 Å². The molecule has 0 saturated carbocycles. The molecule has 5 nitrogen and oxygen atoms in total. The SMILES string of the molecule is NNc1nc(Nc2ccc(Br)cc2F)c2ccccc2n1. The Morgan fingerprint density at radius 3 is 2.67 bits per heavy atom. The number of para-hydroxylation sites is 1. The highest BCUT2D eigenvalue weighted by molar-refractivity contribution is 9.10. The number of nitrogens with two attached hydrogens (primary N) is 1. The molecule has 2 aromatic carbocycles. The predicted octanol–water partition coefficient (Wildman–Crippen LogP) is 3.56. The van der Waals surface area contributed by atoms with Gasteiger partial charge in [-0.1, -0.05) is 28.1 Å². The molecule has 0 spiro atoms. The molecule has 0 amide bonds. The second-order valence-corrected chi connectivity index (χ2v) is 5.22. The number of nitrogen functional groups attached to an aromatic ring is 1. The fourth-order valence-corrected chi connectivity index (χ4v) is 2.29. The van der Waals surface area contributed by atoms with Gasteiger partial charge in [-0.25, -0.2) is 15.2 Å². The van der Waals surface area contributed by atoms with Crippen molar-refractivity contribution in [1.29, 1.82) is 0 Å². The van der Waals surface area contributed by atoms with E-state index in [4.69, 9.17) is 5.84 Å². The maximum atomic E-state index is 13.9. The summed E-state index contributed by atoms with van der Waals surface area (Å²) < 4.78 is 14.6. The Balaban J connectivity index is 2.10. The third-order valence-electron chi connectivity index (χ3n) is 2.92. The molecule has 1 aromatic heterocycles. The van der Waals surface area contributed by atoms with E-state index < -0.39 is 0 Å². The number of halogens is 2. The van der Waals surface area contributed by atoms with Crippen LogP contribution in [-0.2, 0) is 0 Å². The van der Waals surface area contributed by atoms with Gasteiger partial charge in [0.2, 0.25) is 5.95 Å². The third kappa shape index (κ3) is 2.79. The Hall–Kier alpha value is -2.25. The molecular weight excluding hydrogens is 337 g/mol. The average molecular weight is 348 g/mol. The molecule has 0 aliphatic heterocycles. The molecular formula is C14H11BrFN5. The van der Waals surface area contributed by atoms with Crippen LogP contribution in [0.3, 0.4) is 0 Å². The van der Waals surface area contributed by atoms with Gasteiger partial charge in [-0.2, -0.15) is 4.98 Å². The quantitative estimate of drug-likeness (QED) is 0.498. The standard InChI is InChI=1S/C14H11BrFN5/c15-8-5-6-12(10(16)7-8)18-13-9-3-1-2-4-11(9)19-14(20-13)21-17/h1-7H,17H2,(H2,18,19,20,21). The molecule has 0 atom stereocenters. The summed E-state index contributed by atoms with van der Waals surface area (Å²) in [5, 5.41) is 3.75. The van der Waals surface area contributed by atoms with Gasteiger partial charge in [-0.15, -0.1) is 0 Å². The summed E-state index contributed by atoms with van der Waals surface area (Å²) in [5.41, 5.74) is 3.44. The Kier molecular flexibility index (Phi) is 3.68. The summed E-state index contributed by atoms with van der Waals surface area (Å²) in [4.78, 5) is 8.49. The molecule has 0 aliphatic rings. The van der Waals surface area contributed by atoms with Gasteiger partial charge in [-0.3, -0.25) is 5.43 Å². The molecule has 1 heterocycles. The zero-order valence-electron chi connectivity index (χ0n) is 10.8. The van der Waals surface area contributed by atoms with Crippen molar-refractivity contribution in [3.63, 3.8) is 0 Å². The first-order valence-electron chi connectivity index (χ1n) is 6.13. The number of benzene rings is 2. The zero-order chi connectivity index (χ0) is 14.8. The van der Waals surface area contributed by atoms with Crippen LogP contribution >= 0.6 is 15.9 Å². The van der Waals surface area contributed by atoms with Gasteiger partial charge in [-0.05, 0) is 30.3 Å². The Morgan fingerprint density at radius 2 is 1.90 bits per heavy atom. The summed E-state index contributed by atoms with van der Waals surface area (Å²) in [6, 6.07) is 12.2. The number of rotatable bonds is 3. The lowest BCUT2D eigenvalue weighted by atomic mass is 10.2. The van der Waals surface area contributed by atoms with Crippen molar-refractivity contribution in [2.24, 2.45) is 5.84 Å². The van der Waals surface area contributed by atoms with Crippen LogP contribution in [0.15, 0.2) is 46.9 Å². The first kappa shape index (κ1) is 13.7.